The Labute approximate surface area is 166 Å². The summed E-state index contributed by atoms with van der Waals surface area (Å²) in [7, 11) is 0. The predicted molar refractivity (Wildman–Crippen MR) is 99.5 cm³/mol. The quantitative estimate of drug-likeness (QED) is 0.502. The van der Waals surface area contributed by atoms with Gasteiger partial charge in [0.1, 0.15) is 47.5 Å². The second kappa shape index (κ2) is 7.35. The lowest BCUT2D eigenvalue weighted by molar-refractivity contribution is -0.329. The number of hydrogen-bond acceptors (Lipinski definition) is 9. The van der Waals surface area contributed by atoms with Crippen molar-refractivity contribution >= 4 is 11.0 Å². The summed E-state index contributed by atoms with van der Waals surface area (Å²) in [6.45, 7) is 2.98. The summed E-state index contributed by atoms with van der Waals surface area (Å²) in [4.78, 5) is 11.4. The molecule has 1 aromatic heterocycles. The van der Waals surface area contributed by atoms with E-state index in [0.717, 1.165) is 10.9 Å². The van der Waals surface area contributed by atoms with Gasteiger partial charge in [-0.25, -0.2) is 4.79 Å². The molecule has 0 bridgehead atoms. The van der Waals surface area contributed by atoms with E-state index in [0.29, 0.717) is 17.8 Å². The fraction of sp³-hybridized carbons (Fsp3) is 0.550. The van der Waals surface area contributed by atoms with E-state index in [4.69, 9.17) is 18.6 Å². The van der Waals surface area contributed by atoms with Crippen molar-refractivity contribution in [1.82, 2.24) is 0 Å². The lowest BCUT2D eigenvalue weighted by atomic mass is 9.95. The van der Waals surface area contributed by atoms with E-state index in [-0.39, 0.29) is 0 Å². The molecule has 2 aromatic rings. The van der Waals surface area contributed by atoms with Crippen LogP contribution >= 0.6 is 0 Å². The SMILES string of the molecule is CC(C)(O[C@H]1O[C@H](CO)[C@@H](O)[C@H](O)[C@H]1O)[C@@H]1Cc2cc3ccc(=O)oc3cc2O1. The predicted octanol–water partition coefficient (Wildman–Crippen LogP) is -0.308. The highest BCUT2D eigenvalue weighted by atomic mass is 16.7. The van der Waals surface area contributed by atoms with Crippen molar-refractivity contribution in [3.05, 3.63) is 40.2 Å². The molecule has 1 aromatic carbocycles. The van der Waals surface area contributed by atoms with E-state index in [2.05, 4.69) is 0 Å². The van der Waals surface area contributed by atoms with Crippen molar-refractivity contribution in [3.63, 3.8) is 0 Å². The Morgan fingerprint density at radius 3 is 2.62 bits per heavy atom. The van der Waals surface area contributed by atoms with Crippen LogP contribution in [0, 0.1) is 0 Å². The maximum Gasteiger partial charge on any atom is 0.336 e. The fourth-order valence-corrected chi connectivity index (χ4v) is 3.74. The van der Waals surface area contributed by atoms with Crippen LogP contribution in [0.3, 0.4) is 0 Å². The van der Waals surface area contributed by atoms with E-state index in [1.54, 1.807) is 26.0 Å². The zero-order valence-electron chi connectivity index (χ0n) is 16.0. The highest BCUT2D eigenvalue weighted by molar-refractivity contribution is 5.79. The van der Waals surface area contributed by atoms with Gasteiger partial charge in [-0.15, -0.1) is 0 Å². The van der Waals surface area contributed by atoms with Gasteiger partial charge < -0.3 is 39.1 Å². The van der Waals surface area contributed by atoms with Gasteiger partial charge in [-0.3, -0.25) is 0 Å². The van der Waals surface area contributed by atoms with Gasteiger partial charge in [0.2, 0.25) is 0 Å². The van der Waals surface area contributed by atoms with Crippen molar-refractivity contribution in [2.75, 3.05) is 6.61 Å². The summed E-state index contributed by atoms with van der Waals surface area (Å²) in [5.41, 5.74) is -0.0654. The zero-order chi connectivity index (χ0) is 20.9. The molecular weight excluding hydrogens is 384 g/mol. The van der Waals surface area contributed by atoms with Gasteiger partial charge in [0.05, 0.1) is 6.61 Å². The van der Waals surface area contributed by atoms with E-state index in [9.17, 15) is 25.2 Å². The van der Waals surface area contributed by atoms with Gasteiger partial charge >= 0.3 is 5.63 Å². The Hall–Kier alpha value is -2.01. The fourth-order valence-electron chi connectivity index (χ4n) is 3.74. The molecule has 2 aliphatic rings. The Morgan fingerprint density at radius 2 is 1.90 bits per heavy atom. The minimum Gasteiger partial charge on any atom is -0.487 e. The molecule has 0 amide bonds. The molecule has 6 atom stereocenters. The normalized spacial score (nSPS) is 32.2. The zero-order valence-corrected chi connectivity index (χ0v) is 16.0. The van der Waals surface area contributed by atoms with Crippen molar-refractivity contribution in [2.45, 2.75) is 62.7 Å². The molecule has 0 saturated carbocycles. The van der Waals surface area contributed by atoms with Gasteiger partial charge in [0.15, 0.2) is 6.29 Å². The Balaban J connectivity index is 1.53. The van der Waals surface area contributed by atoms with Crippen LogP contribution < -0.4 is 10.4 Å². The van der Waals surface area contributed by atoms with E-state index in [1.165, 1.54) is 6.07 Å². The average Bonchev–Trinajstić information content (AvgIpc) is 3.10. The lowest BCUT2D eigenvalue weighted by Gasteiger charge is -2.43. The van der Waals surface area contributed by atoms with Crippen LogP contribution in [-0.2, 0) is 15.9 Å². The van der Waals surface area contributed by atoms with Crippen LogP contribution in [0.1, 0.15) is 19.4 Å². The maximum atomic E-state index is 11.4. The van der Waals surface area contributed by atoms with Crippen molar-refractivity contribution in [3.8, 4) is 5.75 Å². The standard InChI is InChI=1S/C20H24O9/c1-20(2,29-19-18(25)17(24)16(23)13(8-21)28-19)14-6-10-5-9-3-4-15(22)27-11(9)7-12(10)26-14/h3-5,7,13-14,16-19,21,23-25H,6,8H2,1-2H3/t13-,14+,16-,17+,18-,19-/m1/s1. The van der Waals surface area contributed by atoms with Crippen LogP contribution in [-0.4, -0.2) is 69.4 Å². The molecule has 0 spiro atoms. The second-order valence-corrected chi connectivity index (χ2v) is 7.98. The van der Waals surface area contributed by atoms with E-state index >= 15 is 0 Å². The topological polar surface area (TPSA) is 139 Å². The molecule has 1 saturated heterocycles. The van der Waals surface area contributed by atoms with Crippen molar-refractivity contribution < 1.29 is 39.1 Å². The molecule has 29 heavy (non-hydrogen) atoms. The largest absolute Gasteiger partial charge is 0.487 e. The number of hydrogen-bond donors (Lipinski definition) is 4. The van der Waals surface area contributed by atoms with Crippen molar-refractivity contribution in [1.29, 1.82) is 0 Å². The van der Waals surface area contributed by atoms with E-state index in [1.807, 2.05) is 6.07 Å². The number of aliphatic hydroxyl groups is 4. The van der Waals surface area contributed by atoms with Crippen molar-refractivity contribution in [2.24, 2.45) is 0 Å². The number of aliphatic hydroxyl groups excluding tert-OH is 4. The Bertz CT molecular complexity index is 951. The minimum atomic E-state index is -1.52. The van der Waals surface area contributed by atoms with Gasteiger partial charge in [-0.1, -0.05) is 0 Å². The second-order valence-electron chi connectivity index (χ2n) is 7.98. The first-order valence-electron chi connectivity index (χ1n) is 9.41. The third kappa shape index (κ3) is 3.65. The van der Waals surface area contributed by atoms with Gasteiger partial charge in [0.25, 0.3) is 0 Å². The van der Waals surface area contributed by atoms with Gasteiger partial charge in [0, 0.05) is 23.9 Å². The van der Waals surface area contributed by atoms with Crippen LogP contribution in [0.5, 0.6) is 5.75 Å². The summed E-state index contributed by atoms with van der Waals surface area (Å²) in [6, 6.07) is 6.59. The Kier molecular flexibility index (Phi) is 5.14. The first kappa shape index (κ1) is 20.3. The summed E-state index contributed by atoms with van der Waals surface area (Å²) >= 11 is 0. The number of benzene rings is 1. The highest BCUT2D eigenvalue weighted by Crippen LogP contribution is 2.38. The Morgan fingerprint density at radius 1 is 1.14 bits per heavy atom. The molecule has 158 valence electrons. The molecule has 4 N–H and O–H groups in total. The third-order valence-electron chi connectivity index (χ3n) is 5.52. The van der Waals surface area contributed by atoms with Crippen LogP contribution in [0.4, 0.5) is 0 Å². The summed E-state index contributed by atoms with van der Waals surface area (Å²) in [5.74, 6) is 0.572. The van der Waals surface area contributed by atoms with Gasteiger partial charge in [-0.2, -0.15) is 0 Å². The lowest BCUT2D eigenvalue weighted by Crippen LogP contribution is -2.61. The monoisotopic (exact) mass is 408 g/mol. The molecule has 2 aliphatic heterocycles. The summed E-state index contributed by atoms with van der Waals surface area (Å²) in [5, 5.41) is 40.2. The summed E-state index contributed by atoms with van der Waals surface area (Å²) < 4.78 is 22.6. The third-order valence-corrected chi connectivity index (χ3v) is 5.52. The molecule has 3 heterocycles. The van der Waals surface area contributed by atoms with Gasteiger partial charge in [-0.05, 0) is 31.5 Å². The average molecular weight is 408 g/mol. The number of fused-ring (bicyclic) bond motifs is 2. The summed E-state index contributed by atoms with van der Waals surface area (Å²) in [6.07, 6.45) is -6.71. The highest BCUT2D eigenvalue weighted by Gasteiger charge is 2.48. The number of ether oxygens (including phenoxy) is 3. The molecule has 0 radical (unpaired) electrons. The van der Waals surface area contributed by atoms with Crippen LogP contribution in [0.25, 0.3) is 11.0 Å². The first-order chi connectivity index (χ1) is 13.7. The molecule has 0 unspecified atom stereocenters. The minimum absolute atomic E-state index is 0.421. The van der Waals surface area contributed by atoms with Crippen LogP contribution in [0.15, 0.2) is 33.5 Å². The maximum absolute atomic E-state index is 11.4. The van der Waals surface area contributed by atoms with Crippen LogP contribution in [0.2, 0.25) is 0 Å². The molecule has 4 rings (SSSR count). The number of rotatable bonds is 4. The molecule has 1 fully saturated rings. The molecule has 0 aliphatic carbocycles. The van der Waals surface area contributed by atoms with E-state index < -0.39 is 54.6 Å². The molecule has 9 nitrogen and oxygen atoms in total. The first-order valence-corrected chi connectivity index (χ1v) is 9.41. The molecular formula is C20H24O9. The smallest absolute Gasteiger partial charge is 0.336 e. The molecule has 9 heteroatoms.